The van der Waals surface area contributed by atoms with Crippen molar-refractivity contribution >= 4 is 23.5 Å². The number of halogens is 1. The molecule has 0 atom stereocenters. The fourth-order valence-electron chi connectivity index (χ4n) is 2.31. The molecule has 132 valence electrons. The normalized spacial score (nSPS) is 11.1. The maximum Gasteiger partial charge on any atom is 0.251 e. The Balaban J connectivity index is 1.91. The van der Waals surface area contributed by atoms with Crippen molar-refractivity contribution < 1.29 is 4.79 Å². The minimum atomic E-state index is -0.0643. The highest BCUT2D eigenvalue weighted by Gasteiger charge is 2.06. The molecule has 0 fully saturated rings. The minimum Gasteiger partial charge on any atom is -0.352 e. The lowest BCUT2D eigenvalue weighted by Crippen LogP contribution is -2.36. The average Bonchev–Trinajstić information content (AvgIpc) is 2.63. The summed E-state index contributed by atoms with van der Waals surface area (Å²) >= 11 is 6.16. The van der Waals surface area contributed by atoms with E-state index >= 15 is 0 Å². The van der Waals surface area contributed by atoms with E-state index in [0.717, 1.165) is 16.1 Å². The summed E-state index contributed by atoms with van der Waals surface area (Å²) in [5.41, 5.74) is 2.66. The summed E-state index contributed by atoms with van der Waals surface area (Å²) < 4.78 is 0. The van der Waals surface area contributed by atoms with Gasteiger partial charge in [-0.25, -0.2) is 0 Å². The van der Waals surface area contributed by atoms with Gasteiger partial charge in [0.2, 0.25) is 0 Å². The van der Waals surface area contributed by atoms with Crippen LogP contribution in [0.5, 0.6) is 0 Å². The Morgan fingerprint density at radius 2 is 1.80 bits per heavy atom. The van der Waals surface area contributed by atoms with Crippen LogP contribution in [-0.2, 0) is 13.1 Å². The van der Waals surface area contributed by atoms with Crippen LogP contribution in [0, 0.1) is 0 Å². The van der Waals surface area contributed by atoms with Gasteiger partial charge in [0.05, 0.1) is 0 Å². The zero-order valence-corrected chi connectivity index (χ0v) is 15.2. The molecule has 0 radical (unpaired) electrons. The predicted octanol–water partition coefficient (Wildman–Crippen LogP) is 2.95. The lowest BCUT2D eigenvalue weighted by atomic mass is 10.1. The zero-order valence-electron chi connectivity index (χ0n) is 14.5. The van der Waals surface area contributed by atoms with Crippen molar-refractivity contribution in [2.24, 2.45) is 4.99 Å². The van der Waals surface area contributed by atoms with Crippen LogP contribution in [0.1, 0.15) is 28.4 Å². The molecule has 0 aromatic heterocycles. The van der Waals surface area contributed by atoms with Crippen molar-refractivity contribution in [3.8, 4) is 0 Å². The lowest BCUT2D eigenvalue weighted by Gasteiger charge is -2.13. The number of hydrogen-bond donors (Lipinski definition) is 3. The van der Waals surface area contributed by atoms with Crippen LogP contribution in [0.25, 0.3) is 0 Å². The number of nitrogens with zero attached hydrogens (tertiary/aromatic N) is 1. The van der Waals surface area contributed by atoms with E-state index in [1.807, 2.05) is 49.4 Å². The number of carbonyl (C=O) groups is 1. The molecule has 0 aliphatic carbocycles. The molecule has 0 bridgehead atoms. The lowest BCUT2D eigenvalue weighted by molar-refractivity contribution is 0.0955. The summed E-state index contributed by atoms with van der Waals surface area (Å²) in [5.74, 6) is 0.605. The first-order valence-corrected chi connectivity index (χ1v) is 8.57. The van der Waals surface area contributed by atoms with Crippen molar-refractivity contribution in [3.05, 3.63) is 70.2 Å². The number of nitrogens with one attached hydrogen (secondary N) is 3. The Bertz CT molecular complexity index is 746. The molecule has 5 nitrogen and oxygen atoms in total. The van der Waals surface area contributed by atoms with Crippen molar-refractivity contribution in [2.75, 3.05) is 13.6 Å². The van der Waals surface area contributed by atoms with Gasteiger partial charge in [-0.3, -0.25) is 9.79 Å². The SMILES string of the molecule is CCNC(=O)c1cccc(CNC(=NC)NCc2ccccc2Cl)c1. The third kappa shape index (κ3) is 5.80. The molecule has 0 unspecified atom stereocenters. The number of guanidine groups is 1. The van der Waals surface area contributed by atoms with E-state index in [4.69, 9.17) is 11.6 Å². The second-order valence-electron chi connectivity index (χ2n) is 5.43. The van der Waals surface area contributed by atoms with Gasteiger partial charge in [0.25, 0.3) is 5.91 Å². The fourth-order valence-corrected chi connectivity index (χ4v) is 2.51. The predicted molar refractivity (Wildman–Crippen MR) is 103 cm³/mol. The van der Waals surface area contributed by atoms with Gasteiger partial charge in [-0.1, -0.05) is 41.9 Å². The average molecular weight is 359 g/mol. The van der Waals surface area contributed by atoms with E-state index in [-0.39, 0.29) is 5.91 Å². The van der Waals surface area contributed by atoms with E-state index in [9.17, 15) is 4.79 Å². The quantitative estimate of drug-likeness (QED) is 0.549. The summed E-state index contributed by atoms with van der Waals surface area (Å²) in [4.78, 5) is 16.1. The van der Waals surface area contributed by atoms with Gasteiger partial charge in [-0.05, 0) is 36.2 Å². The second kappa shape index (κ2) is 9.69. The highest BCUT2D eigenvalue weighted by Crippen LogP contribution is 2.14. The van der Waals surface area contributed by atoms with E-state index in [1.54, 1.807) is 13.1 Å². The largest absolute Gasteiger partial charge is 0.352 e. The van der Waals surface area contributed by atoms with Gasteiger partial charge in [0, 0.05) is 37.3 Å². The third-order valence-electron chi connectivity index (χ3n) is 3.61. The molecule has 2 aromatic rings. The van der Waals surface area contributed by atoms with E-state index in [1.165, 1.54) is 0 Å². The molecule has 0 spiro atoms. The molecular weight excluding hydrogens is 336 g/mol. The molecule has 0 aliphatic heterocycles. The summed E-state index contributed by atoms with van der Waals surface area (Å²) in [5, 5.41) is 9.99. The summed E-state index contributed by atoms with van der Waals surface area (Å²) in [6.07, 6.45) is 0. The Labute approximate surface area is 153 Å². The number of amides is 1. The van der Waals surface area contributed by atoms with Crippen LogP contribution >= 0.6 is 11.6 Å². The molecule has 0 heterocycles. The highest BCUT2D eigenvalue weighted by atomic mass is 35.5. The zero-order chi connectivity index (χ0) is 18.1. The number of carbonyl (C=O) groups excluding carboxylic acids is 1. The Kier molecular flexibility index (Phi) is 7.29. The van der Waals surface area contributed by atoms with Crippen molar-refractivity contribution in [3.63, 3.8) is 0 Å². The Morgan fingerprint density at radius 3 is 2.52 bits per heavy atom. The number of rotatable bonds is 6. The summed E-state index contributed by atoms with van der Waals surface area (Å²) in [6.45, 7) is 3.66. The molecule has 6 heteroatoms. The van der Waals surface area contributed by atoms with Gasteiger partial charge < -0.3 is 16.0 Å². The maximum atomic E-state index is 11.9. The van der Waals surface area contributed by atoms with Gasteiger partial charge >= 0.3 is 0 Å². The summed E-state index contributed by atoms with van der Waals surface area (Å²) in [6, 6.07) is 15.2. The molecule has 0 aliphatic rings. The number of hydrogen-bond acceptors (Lipinski definition) is 2. The van der Waals surface area contributed by atoms with Gasteiger partial charge in [-0.2, -0.15) is 0 Å². The Morgan fingerprint density at radius 1 is 1.04 bits per heavy atom. The first kappa shape index (κ1) is 18.8. The van der Waals surface area contributed by atoms with Crippen LogP contribution in [-0.4, -0.2) is 25.5 Å². The van der Waals surface area contributed by atoms with Crippen molar-refractivity contribution in [2.45, 2.75) is 20.0 Å². The first-order chi connectivity index (χ1) is 12.1. The molecule has 0 saturated heterocycles. The third-order valence-corrected chi connectivity index (χ3v) is 3.98. The molecule has 3 N–H and O–H groups in total. The first-order valence-electron chi connectivity index (χ1n) is 8.19. The maximum absolute atomic E-state index is 11.9. The number of aliphatic imine (C=N–C) groups is 1. The highest BCUT2D eigenvalue weighted by molar-refractivity contribution is 6.31. The topological polar surface area (TPSA) is 65.5 Å². The van der Waals surface area contributed by atoms with Crippen molar-refractivity contribution in [1.29, 1.82) is 0 Å². The molecule has 25 heavy (non-hydrogen) atoms. The van der Waals surface area contributed by atoms with Gasteiger partial charge in [0.1, 0.15) is 0 Å². The smallest absolute Gasteiger partial charge is 0.251 e. The molecule has 1 amide bonds. The van der Waals surface area contributed by atoms with Gasteiger partial charge in [0.15, 0.2) is 5.96 Å². The molecular formula is C19H23ClN4O. The Hall–Kier alpha value is -2.53. The standard InChI is InChI=1S/C19H23ClN4O/c1-3-22-18(25)15-9-6-7-14(11-15)12-23-19(21-2)24-13-16-8-4-5-10-17(16)20/h4-11H,3,12-13H2,1-2H3,(H,22,25)(H2,21,23,24). The van der Waals surface area contributed by atoms with Crippen LogP contribution < -0.4 is 16.0 Å². The minimum absolute atomic E-state index is 0.0643. The van der Waals surface area contributed by atoms with Crippen LogP contribution in [0.2, 0.25) is 5.02 Å². The van der Waals surface area contributed by atoms with Crippen LogP contribution in [0.4, 0.5) is 0 Å². The van der Waals surface area contributed by atoms with E-state index in [0.29, 0.717) is 31.2 Å². The molecule has 0 saturated carbocycles. The fraction of sp³-hybridized carbons (Fsp3) is 0.263. The van der Waals surface area contributed by atoms with Crippen molar-refractivity contribution in [1.82, 2.24) is 16.0 Å². The number of benzene rings is 2. The monoisotopic (exact) mass is 358 g/mol. The van der Waals surface area contributed by atoms with E-state index < -0.39 is 0 Å². The van der Waals surface area contributed by atoms with Crippen LogP contribution in [0.15, 0.2) is 53.5 Å². The molecule has 2 rings (SSSR count). The van der Waals surface area contributed by atoms with E-state index in [2.05, 4.69) is 20.9 Å². The van der Waals surface area contributed by atoms with Crippen LogP contribution in [0.3, 0.4) is 0 Å². The molecule has 2 aromatic carbocycles. The van der Waals surface area contributed by atoms with Gasteiger partial charge in [-0.15, -0.1) is 0 Å². The second-order valence-corrected chi connectivity index (χ2v) is 5.84. The summed E-state index contributed by atoms with van der Waals surface area (Å²) in [7, 11) is 1.72.